The average Bonchev–Trinajstić information content (AvgIpc) is 2.10. The quantitative estimate of drug-likeness (QED) is 0.443. The second-order valence-electron chi connectivity index (χ2n) is 4.93. The van der Waals surface area contributed by atoms with Gasteiger partial charge >= 0.3 is 0 Å². The molecule has 0 saturated heterocycles. The maximum atomic E-state index is 13.4. The Hall–Kier alpha value is -1.39. The fraction of sp³-hybridized carbons (Fsp3) is 0.417. The number of benzene rings is 1. The van der Waals surface area contributed by atoms with Gasteiger partial charge in [0, 0.05) is 11.5 Å². The van der Waals surface area contributed by atoms with Crippen molar-refractivity contribution < 1.29 is 22.4 Å². The van der Waals surface area contributed by atoms with Crippen LogP contribution in [0.15, 0.2) is 6.07 Å². The molecule has 0 radical (unpaired) electrons. The molecule has 0 aromatic heterocycles. The van der Waals surface area contributed by atoms with Gasteiger partial charge in [-0.1, -0.05) is 0 Å². The molecule has 0 heterocycles. The molecule has 3 aliphatic rings. The number of rotatable bonds is 2. The third kappa shape index (κ3) is 1.22. The van der Waals surface area contributed by atoms with Crippen LogP contribution in [-0.2, 0) is 0 Å². The maximum Gasteiger partial charge on any atom is 0.175 e. The highest BCUT2D eigenvalue weighted by Crippen LogP contribution is 2.65. The van der Waals surface area contributed by atoms with Crippen molar-refractivity contribution in [2.45, 2.75) is 19.3 Å². The van der Waals surface area contributed by atoms with Gasteiger partial charge in [-0.15, -0.1) is 0 Å². The van der Waals surface area contributed by atoms with E-state index in [0.29, 0.717) is 25.2 Å². The van der Waals surface area contributed by atoms with Gasteiger partial charge in [0.05, 0.1) is 5.56 Å². The van der Waals surface area contributed by atoms with Gasteiger partial charge in [0.15, 0.2) is 29.1 Å². The Kier molecular flexibility index (Phi) is 1.95. The van der Waals surface area contributed by atoms with Crippen LogP contribution in [0.5, 0.6) is 0 Å². The Morgan fingerprint density at radius 2 is 1.53 bits per heavy atom. The first-order chi connectivity index (χ1) is 7.94. The van der Waals surface area contributed by atoms with E-state index in [0.717, 1.165) is 0 Å². The second-order valence-corrected chi connectivity index (χ2v) is 4.93. The highest BCUT2D eigenvalue weighted by Gasteiger charge is 2.62. The van der Waals surface area contributed by atoms with E-state index < -0.39 is 40.0 Å². The molecule has 0 amide bonds. The summed E-state index contributed by atoms with van der Waals surface area (Å²) in [6.45, 7) is 0. The average molecular weight is 244 g/mol. The smallest absolute Gasteiger partial charge is 0.175 e. The van der Waals surface area contributed by atoms with E-state index in [9.17, 15) is 22.4 Å². The van der Waals surface area contributed by atoms with Crippen molar-refractivity contribution in [3.63, 3.8) is 0 Å². The number of halogens is 4. The third-order valence-corrected chi connectivity index (χ3v) is 3.86. The SMILES string of the molecule is O=C(c1c(F)c(F)cc(F)c1F)C12CC(C1)C2. The van der Waals surface area contributed by atoms with Crippen LogP contribution in [-0.4, -0.2) is 5.78 Å². The summed E-state index contributed by atoms with van der Waals surface area (Å²) in [6.07, 6.45) is 1.72. The molecule has 2 bridgehead atoms. The lowest BCUT2D eigenvalue weighted by Gasteiger charge is -2.60. The molecule has 17 heavy (non-hydrogen) atoms. The second kappa shape index (κ2) is 3.09. The van der Waals surface area contributed by atoms with Gasteiger partial charge < -0.3 is 0 Å². The molecule has 0 spiro atoms. The molecule has 0 atom stereocenters. The van der Waals surface area contributed by atoms with Crippen molar-refractivity contribution in [3.05, 3.63) is 34.9 Å². The van der Waals surface area contributed by atoms with Crippen molar-refractivity contribution in [1.29, 1.82) is 0 Å². The monoisotopic (exact) mass is 244 g/mol. The largest absolute Gasteiger partial charge is 0.293 e. The van der Waals surface area contributed by atoms with Crippen molar-refractivity contribution in [1.82, 2.24) is 0 Å². The molecule has 0 unspecified atom stereocenters. The van der Waals surface area contributed by atoms with Gasteiger partial charge in [0.1, 0.15) is 0 Å². The van der Waals surface area contributed by atoms with E-state index >= 15 is 0 Å². The predicted octanol–water partition coefficient (Wildman–Crippen LogP) is 3.23. The zero-order valence-electron chi connectivity index (χ0n) is 8.70. The number of Topliss-reactive ketones (excluding diaryl/α,β-unsaturated/α-hetero) is 1. The summed E-state index contributed by atoms with van der Waals surface area (Å²) in [7, 11) is 0. The van der Waals surface area contributed by atoms with Crippen LogP contribution < -0.4 is 0 Å². The Labute approximate surface area is 94.4 Å². The summed E-state index contributed by atoms with van der Waals surface area (Å²) in [5.41, 5.74) is -1.81. The Morgan fingerprint density at radius 3 is 1.88 bits per heavy atom. The first-order valence-corrected chi connectivity index (χ1v) is 5.32. The van der Waals surface area contributed by atoms with Crippen molar-refractivity contribution in [2.24, 2.45) is 11.3 Å². The zero-order chi connectivity index (χ0) is 12.4. The first kappa shape index (κ1) is 10.7. The molecule has 90 valence electrons. The van der Waals surface area contributed by atoms with Crippen LogP contribution in [0.4, 0.5) is 17.6 Å². The number of carbonyl (C=O) groups is 1. The molecular weight excluding hydrogens is 236 g/mol. The lowest BCUT2D eigenvalue weighted by Crippen LogP contribution is -2.57. The summed E-state index contributed by atoms with van der Waals surface area (Å²) < 4.78 is 52.7. The lowest BCUT2D eigenvalue weighted by molar-refractivity contribution is -0.0712. The molecule has 3 fully saturated rings. The first-order valence-electron chi connectivity index (χ1n) is 5.32. The Balaban J connectivity index is 2.10. The zero-order valence-corrected chi connectivity index (χ0v) is 8.70. The van der Waals surface area contributed by atoms with Crippen molar-refractivity contribution in [3.8, 4) is 0 Å². The van der Waals surface area contributed by atoms with Gasteiger partial charge in [-0.05, 0) is 25.2 Å². The highest BCUT2D eigenvalue weighted by atomic mass is 19.2. The Bertz CT molecular complexity index is 495. The van der Waals surface area contributed by atoms with E-state index in [2.05, 4.69) is 0 Å². The van der Waals surface area contributed by atoms with E-state index in [1.807, 2.05) is 0 Å². The Morgan fingerprint density at radius 1 is 1.06 bits per heavy atom. The minimum atomic E-state index is -1.58. The van der Waals surface area contributed by atoms with Crippen LogP contribution in [0, 0.1) is 34.6 Å². The minimum absolute atomic E-state index is 0.115. The van der Waals surface area contributed by atoms with E-state index in [4.69, 9.17) is 0 Å². The molecule has 0 aliphatic heterocycles. The molecule has 1 nitrogen and oxygen atoms in total. The molecule has 4 rings (SSSR count). The van der Waals surface area contributed by atoms with Gasteiger partial charge in [-0.25, -0.2) is 17.6 Å². The maximum absolute atomic E-state index is 13.4. The molecule has 5 heteroatoms. The number of carbonyl (C=O) groups excluding carboxylic acids is 1. The third-order valence-electron chi connectivity index (χ3n) is 3.86. The fourth-order valence-electron chi connectivity index (χ4n) is 2.79. The van der Waals surface area contributed by atoms with Gasteiger partial charge in [-0.3, -0.25) is 4.79 Å². The molecule has 1 aromatic carbocycles. The van der Waals surface area contributed by atoms with E-state index in [1.165, 1.54) is 0 Å². The molecule has 3 saturated carbocycles. The normalized spacial score (nSPS) is 29.5. The van der Waals surface area contributed by atoms with E-state index in [-0.39, 0.29) is 6.07 Å². The van der Waals surface area contributed by atoms with E-state index in [1.54, 1.807) is 0 Å². The van der Waals surface area contributed by atoms with Crippen LogP contribution in [0.25, 0.3) is 0 Å². The summed E-state index contributed by atoms with van der Waals surface area (Å²) in [6, 6.07) is 0.115. The van der Waals surface area contributed by atoms with Crippen LogP contribution in [0.3, 0.4) is 0 Å². The minimum Gasteiger partial charge on any atom is -0.293 e. The van der Waals surface area contributed by atoms with Crippen molar-refractivity contribution >= 4 is 5.78 Å². The fourth-order valence-corrected chi connectivity index (χ4v) is 2.79. The topological polar surface area (TPSA) is 17.1 Å². The van der Waals surface area contributed by atoms with Crippen LogP contribution in [0.2, 0.25) is 0 Å². The predicted molar refractivity (Wildman–Crippen MR) is 50.4 cm³/mol. The molecule has 1 aromatic rings. The summed E-state index contributed by atoms with van der Waals surface area (Å²) in [5.74, 6) is -6.59. The number of hydrogen-bond acceptors (Lipinski definition) is 1. The van der Waals surface area contributed by atoms with Crippen LogP contribution >= 0.6 is 0 Å². The summed E-state index contributed by atoms with van der Waals surface area (Å²) in [5, 5.41) is 0. The molecule has 0 N–H and O–H groups in total. The van der Waals surface area contributed by atoms with Gasteiger partial charge in [0.2, 0.25) is 0 Å². The summed E-state index contributed by atoms with van der Waals surface area (Å²) in [4.78, 5) is 11.9. The van der Waals surface area contributed by atoms with Crippen LogP contribution in [0.1, 0.15) is 29.6 Å². The lowest BCUT2D eigenvalue weighted by atomic mass is 9.42. The highest BCUT2D eigenvalue weighted by molar-refractivity contribution is 6.02. The molecule has 3 aliphatic carbocycles. The van der Waals surface area contributed by atoms with Crippen molar-refractivity contribution in [2.75, 3.05) is 0 Å². The summed E-state index contributed by atoms with van der Waals surface area (Å²) >= 11 is 0. The molecular formula is C12H8F4O. The van der Waals surface area contributed by atoms with Gasteiger partial charge in [-0.2, -0.15) is 0 Å². The van der Waals surface area contributed by atoms with Gasteiger partial charge in [0.25, 0.3) is 0 Å². The number of ketones is 1. The standard InChI is InChI=1S/C12H8F4O/c13-6-1-7(14)10(16)8(9(6)15)11(17)12-2-5(3-12)4-12/h1,5H,2-4H2. The number of hydrogen-bond donors (Lipinski definition) is 0.